The largest absolute Gasteiger partial charge is 0.325 e. The van der Waals surface area contributed by atoms with E-state index in [9.17, 15) is 13.6 Å². The van der Waals surface area contributed by atoms with Gasteiger partial charge in [-0.15, -0.1) is 0 Å². The predicted octanol–water partition coefficient (Wildman–Crippen LogP) is 2.34. The number of carbonyl (C=O) groups is 1. The third-order valence-electron chi connectivity index (χ3n) is 3.46. The normalized spacial score (nSPS) is 21.1. The molecule has 0 saturated heterocycles. The van der Waals surface area contributed by atoms with E-state index in [0.717, 1.165) is 12.5 Å². The first-order chi connectivity index (χ1) is 7.15. The lowest BCUT2D eigenvalue weighted by atomic mass is 9.65. The van der Waals surface area contributed by atoms with Gasteiger partial charge in [0.1, 0.15) is 0 Å². The second-order valence-electron chi connectivity index (χ2n) is 4.17. The van der Waals surface area contributed by atoms with E-state index in [1.54, 1.807) is 0 Å². The van der Waals surface area contributed by atoms with E-state index in [2.05, 4.69) is 5.32 Å². The van der Waals surface area contributed by atoms with Gasteiger partial charge in [0.25, 0.3) is 0 Å². The summed E-state index contributed by atoms with van der Waals surface area (Å²) in [7, 11) is 0. The van der Waals surface area contributed by atoms with Crippen LogP contribution in [0, 0.1) is 11.6 Å². The molecule has 1 aliphatic carbocycles. The highest BCUT2D eigenvalue weighted by atomic mass is 19.2. The van der Waals surface area contributed by atoms with Crippen molar-refractivity contribution >= 4 is 11.6 Å². The van der Waals surface area contributed by atoms with Crippen molar-refractivity contribution in [2.24, 2.45) is 0 Å². The molecule has 1 spiro atoms. The zero-order valence-corrected chi connectivity index (χ0v) is 7.94. The van der Waals surface area contributed by atoms with Gasteiger partial charge < -0.3 is 5.32 Å². The standard InChI is InChI=1S/C11H9F2NO/c12-6-2-3-7-8(9(6)13)11(4-1-5-11)10(15)14-7/h2-3H,1,4-5H2,(H,14,15). The number of hydrogen-bond donors (Lipinski definition) is 1. The molecule has 1 heterocycles. The highest BCUT2D eigenvalue weighted by Gasteiger charge is 2.53. The molecular formula is C11H9F2NO. The summed E-state index contributed by atoms with van der Waals surface area (Å²) in [6.45, 7) is 0. The van der Waals surface area contributed by atoms with Crippen molar-refractivity contribution in [1.29, 1.82) is 0 Å². The summed E-state index contributed by atoms with van der Waals surface area (Å²) in [5.74, 6) is -1.93. The zero-order chi connectivity index (χ0) is 10.6. The topological polar surface area (TPSA) is 29.1 Å². The SMILES string of the molecule is O=C1Nc2ccc(F)c(F)c2C12CCC2. The van der Waals surface area contributed by atoms with Crippen molar-refractivity contribution in [3.63, 3.8) is 0 Å². The van der Waals surface area contributed by atoms with Gasteiger partial charge in [0.2, 0.25) is 5.91 Å². The van der Waals surface area contributed by atoms with E-state index in [4.69, 9.17) is 0 Å². The number of nitrogens with one attached hydrogen (secondary N) is 1. The molecule has 3 rings (SSSR count). The zero-order valence-electron chi connectivity index (χ0n) is 7.94. The molecule has 1 aliphatic heterocycles. The maximum absolute atomic E-state index is 13.6. The van der Waals surface area contributed by atoms with Gasteiger partial charge in [0.05, 0.1) is 5.41 Å². The minimum Gasteiger partial charge on any atom is -0.325 e. The molecule has 78 valence electrons. The molecule has 0 radical (unpaired) electrons. The van der Waals surface area contributed by atoms with Crippen LogP contribution in [0.2, 0.25) is 0 Å². The molecule has 0 bridgehead atoms. The Hall–Kier alpha value is -1.45. The van der Waals surface area contributed by atoms with Crippen LogP contribution in [0.15, 0.2) is 12.1 Å². The van der Waals surface area contributed by atoms with Crippen molar-refractivity contribution in [3.05, 3.63) is 29.3 Å². The lowest BCUT2D eigenvalue weighted by Gasteiger charge is -2.36. The number of benzene rings is 1. The molecule has 15 heavy (non-hydrogen) atoms. The molecule has 4 heteroatoms. The molecule has 1 amide bonds. The van der Waals surface area contributed by atoms with Crippen LogP contribution in [0.4, 0.5) is 14.5 Å². The third kappa shape index (κ3) is 0.893. The average molecular weight is 209 g/mol. The Morgan fingerprint density at radius 3 is 2.60 bits per heavy atom. The second-order valence-corrected chi connectivity index (χ2v) is 4.17. The van der Waals surface area contributed by atoms with Gasteiger partial charge in [-0.25, -0.2) is 8.78 Å². The summed E-state index contributed by atoms with van der Waals surface area (Å²) in [5.41, 5.74) is -0.112. The molecule has 0 unspecified atom stereocenters. The van der Waals surface area contributed by atoms with E-state index in [-0.39, 0.29) is 11.5 Å². The number of carbonyl (C=O) groups excluding carboxylic acids is 1. The lowest BCUT2D eigenvalue weighted by Crippen LogP contribution is -2.41. The Balaban J connectivity index is 2.27. The van der Waals surface area contributed by atoms with Crippen LogP contribution < -0.4 is 5.32 Å². The maximum atomic E-state index is 13.6. The fraction of sp³-hybridized carbons (Fsp3) is 0.364. The van der Waals surface area contributed by atoms with E-state index >= 15 is 0 Å². The van der Waals surface area contributed by atoms with Gasteiger partial charge in [-0.2, -0.15) is 0 Å². The highest BCUT2D eigenvalue weighted by molar-refractivity contribution is 6.06. The monoisotopic (exact) mass is 209 g/mol. The van der Waals surface area contributed by atoms with Gasteiger partial charge in [0.15, 0.2) is 11.6 Å². The Morgan fingerprint density at radius 2 is 2.00 bits per heavy atom. The summed E-state index contributed by atoms with van der Waals surface area (Å²) in [4.78, 5) is 11.7. The molecule has 0 aromatic heterocycles. The van der Waals surface area contributed by atoms with Crippen LogP contribution in [-0.4, -0.2) is 5.91 Å². The van der Waals surface area contributed by atoms with Crippen molar-refractivity contribution in [3.8, 4) is 0 Å². The number of anilines is 1. The minimum absolute atomic E-state index is 0.187. The van der Waals surface area contributed by atoms with Crippen LogP contribution in [0.5, 0.6) is 0 Å². The van der Waals surface area contributed by atoms with Gasteiger partial charge in [-0.05, 0) is 25.0 Å². The van der Waals surface area contributed by atoms with Crippen molar-refractivity contribution in [1.82, 2.24) is 0 Å². The summed E-state index contributed by atoms with van der Waals surface area (Å²) >= 11 is 0. The molecule has 0 atom stereocenters. The predicted molar refractivity (Wildman–Crippen MR) is 50.5 cm³/mol. The maximum Gasteiger partial charge on any atom is 0.235 e. The van der Waals surface area contributed by atoms with Crippen molar-refractivity contribution < 1.29 is 13.6 Å². The molecule has 1 fully saturated rings. The average Bonchev–Trinajstić information content (AvgIpc) is 2.44. The lowest BCUT2D eigenvalue weighted by molar-refractivity contribution is -0.123. The summed E-state index contributed by atoms with van der Waals surface area (Å²) in [5, 5.41) is 2.61. The number of amides is 1. The highest BCUT2D eigenvalue weighted by Crippen LogP contribution is 2.52. The molecule has 1 aromatic rings. The Labute approximate surface area is 85.3 Å². The van der Waals surface area contributed by atoms with E-state index in [0.29, 0.717) is 18.5 Å². The molecular weight excluding hydrogens is 200 g/mol. The van der Waals surface area contributed by atoms with Gasteiger partial charge in [-0.1, -0.05) is 6.42 Å². The van der Waals surface area contributed by atoms with Crippen LogP contribution in [0.3, 0.4) is 0 Å². The van der Waals surface area contributed by atoms with Gasteiger partial charge >= 0.3 is 0 Å². The van der Waals surface area contributed by atoms with E-state index in [1.165, 1.54) is 6.07 Å². The minimum atomic E-state index is -0.878. The molecule has 1 aromatic carbocycles. The Kier molecular flexibility index (Phi) is 1.51. The van der Waals surface area contributed by atoms with Crippen molar-refractivity contribution in [2.75, 3.05) is 5.32 Å². The van der Waals surface area contributed by atoms with Gasteiger partial charge in [-0.3, -0.25) is 4.79 Å². The van der Waals surface area contributed by atoms with Crippen LogP contribution in [-0.2, 0) is 10.2 Å². The smallest absolute Gasteiger partial charge is 0.235 e. The number of halogens is 2. The van der Waals surface area contributed by atoms with Crippen LogP contribution in [0.25, 0.3) is 0 Å². The quantitative estimate of drug-likeness (QED) is 0.698. The second kappa shape index (κ2) is 2.56. The number of fused-ring (bicyclic) bond motifs is 2. The van der Waals surface area contributed by atoms with Crippen molar-refractivity contribution in [2.45, 2.75) is 24.7 Å². The summed E-state index contributed by atoms with van der Waals surface area (Å²) in [6.07, 6.45) is 2.13. The first kappa shape index (κ1) is 8.83. The van der Waals surface area contributed by atoms with Crippen LogP contribution >= 0.6 is 0 Å². The first-order valence-corrected chi connectivity index (χ1v) is 4.95. The van der Waals surface area contributed by atoms with E-state index < -0.39 is 17.0 Å². The number of hydrogen-bond acceptors (Lipinski definition) is 1. The summed E-state index contributed by atoms with van der Waals surface area (Å²) < 4.78 is 26.7. The fourth-order valence-corrected chi connectivity index (χ4v) is 2.49. The fourth-order valence-electron chi connectivity index (χ4n) is 2.49. The molecule has 2 aliphatic rings. The van der Waals surface area contributed by atoms with Gasteiger partial charge in [0, 0.05) is 11.3 Å². The Bertz CT molecular complexity index is 466. The van der Waals surface area contributed by atoms with Crippen LogP contribution in [0.1, 0.15) is 24.8 Å². The third-order valence-corrected chi connectivity index (χ3v) is 3.46. The molecule has 1 saturated carbocycles. The molecule has 1 N–H and O–H groups in total. The Morgan fingerprint density at radius 1 is 1.27 bits per heavy atom. The molecule has 2 nitrogen and oxygen atoms in total. The first-order valence-electron chi connectivity index (χ1n) is 4.95. The van der Waals surface area contributed by atoms with E-state index in [1.807, 2.05) is 0 Å². The summed E-state index contributed by atoms with van der Waals surface area (Å²) in [6, 6.07) is 2.48. The number of rotatable bonds is 0.